The van der Waals surface area contributed by atoms with Crippen LogP contribution in [0.2, 0.25) is 0 Å². The summed E-state index contributed by atoms with van der Waals surface area (Å²) >= 11 is 0. The maximum absolute atomic E-state index is 14.6. The van der Waals surface area contributed by atoms with Crippen molar-refractivity contribution >= 4 is 27.1 Å². The number of nitrogens with one attached hydrogen (secondary N) is 1. The first kappa shape index (κ1) is 26.4. The average molecular weight is 566 g/mol. The van der Waals surface area contributed by atoms with Crippen molar-refractivity contribution in [3.05, 3.63) is 95.8 Å². The largest absolute Gasteiger partial charge is 0.364 e. The van der Waals surface area contributed by atoms with Gasteiger partial charge in [0.05, 0.1) is 28.2 Å². The molecule has 2 saturated heterocycles. The number of hydrogen-bond donors (Lipinski definition) is 1. The van der Waals surface area contributed by atoms with E-state index in [4.69, 9.17) is 0 Å². The molecule has 1 N–H and O–H groups in total. The summed E-state index contributed by atoms with van der Waals surface area (Å²) in [6.07, 6.45) is 5.78. The van der Waals surface area contributed by atoms with Gasteiger partial charge in [0, 0.05) is 43.1 Å². The van der Waals surface area contributed by atoms with Crippen LogP contribution in [0.5, 0.6) is 0 Å². The van der Waals surface area contributed by atoms with Crippen molar-refractivity contribution in [2.75, 3.05) is 24.5 Å². The number of benzene rings is 2. The first-order chi connectivity index (χ1) is 19.3. The smallest absolute Gasteiger partial charge is 0.255 e. The van der Waals surface area contributed by atoms with Crippen LogP contribution in [-0.2, 0) is 10.0 Å². The van der Waals surface area contributed by atoms with Gasteiger partial charge in [0.15, 0.2) is 0 Å². The molecule has 4 aromatic rings. The predicted molar refractivity (Wildman–Crippen MR) is 147 cm³/mol. The van der Waals surface area contributed by atoms with E-state index < -0.39 is 21.7 Å². The van der Waals surface area contributed by atoms with Gasteiger partial charge in [0.1, 0.15) is 11.6 Å². The molecule has 11 heteroatoms. The maximum atomic E-state index is 14.6. The van der Waals surface area contributed by atoms with Crippen LogP contribution >= 0.6 is 0 Å². The van der Waals surface area contributed by atoms with Crippen LogP contribution in [0.1, 0.15) is 47.6 Å². The number of anilines is 1. The normalized spacial score (nSPS) is 18.9. The Hall–Kier alpha value is -3.83. The first-order valence-electron chi connectivity index (χ1n) is 13.4. The van der Waals surface area contributed by atoms with Crippen molar-refractivity contribution < 1.29 is 22.0 Å². The Labute approximate surface area is 231 Å². The summed E-state index contributed by atoms with van der Waals surface area (Å²) in [7, 11) is -3.57. The third-order valence-electron chi connectivity index (χ3n) is 7.82. The van der Waals surface area contributed by atoms with Crippen molar-refractivity contribution in [3.63, 3.8) is 0 Å². The molecule has 2 aromatic carbocycles. The summed E-state index contributed by atoms with van der Waals surface area (Å²) in [6.45, 7) is 1.30. The van der Waals surface area contributed by atoms with Gasteiger partial charge in [-0.15, -0.1) is 0 Å². The number of carbonyl (C=O) groups is 1. The van der Waals surface area contributed by atoms with Gasteiger partial charge in [-0.25, -0.2) is 21.7 Å². The molecule has 0 spiro atoms. The highest BCUT2D eigenvalue weighted by atomic mass is 32.2. The molecule has 1 unspecified atom stereocenters. The van der Waals surface area contributed by atoms with Gasteiger partial charge in [-0.1, -0.05) is 18.2 Å². The minimum absolute atomic E-state index is 0.174. The first-order valence-corrected chi connectivity index (χ1v) is 14.8. The van der Waals surface area contributed by atoms with E-state index in [1.807, 2.05) is 17.0 Å². The number of fused-ring (bicyclic) bond motifs is 1. The molecule has 4 heterocycles. The molecule has 2 aliphatic rings. The number of halogens is 2. The fourth-order valence-corrected chi connectivity index (χ4v) is 7.23. The van der Waals surface area contributed by atoms with Gasteiger partial charge >= 0.3 is 0 Å². The molecule has 6 rings (SSSR count). The summed E-state index contributed by atoms with van der Waals surface area (Å²) in [5.74, 6) is -1.20. The number of aromatic nitrogens is 2. The van der Waals surface area contributed by atoms with E-state index in [2.05, 4.69) is 10.4 Å². The second-order valence-corrected chi connectivity index (χ2v) is 12.2. The number of sulfonamides is 1. The summed E-state index contributed by atoms with van der Waals surface area (Å²) in [5, 5.41) is 7.37. The van der Waals surface area contributed by atoms with Crippen LogP contribution in [-0.4, -0.2) is 53.9 Å². The van der Waals surface area contributed by atoms with Gasteiger partial charge in [-0.3, -0.25) is 4.79 Å². The van der Waals surface area contributed by atoms with Gasteiger partial charge in [0.2, 0.25) is 10.0 Å². The molecule has 1 atom stereocenters. The molecular formula is C29H29F2N5O3S. The molecule has 0 radical (unpaired) electrons. The zero-order chi connectivity index (χ0) is 27.9. The Balaban J connectivity index is 1.17. The van der Waals surface area contributed by atoms with Crippen LogP contribution in [0.25, 0.3) is 5.52 Å². The van der Waals surface area contributed by atoms with E-state index in [0.717, 1.165) is 24.2 Å². The molecule has 208 valence electrons. The molecule has 40 heavy (non-hydrogen) atoms. The second-order valence-electron chi connectivity index (χ2n) is 10.3. The van der Waals surface area contributed by atoms with E-state index in [-0.39, 0.29) is 22.9 Å². The minimum Gasteiger partial charge on any atom is -0.364 e. The van der Waals surface area contributed by atoms with Crippen LogP contribution in [0.4, 0.5) is 14.5 Å². The van der Waals surface area contributed by atoms with Crippen LogP contribution in [0.3, 0.4) is 0 Å². The Morgan fingerprint density at radius 1 is 0.950 bits per heavy atom. The number of hydrogen-bond acceptors (Lipinski definition) is 5. The summed E-state index contributed by atoms with van der Waals surface area (Å²) in [6, 6.07) is 15.1. The third kappa shape index (κ3) is 4.95. The predicted octanol–water partition coefficient (Wildman–Crippen LogP) is 4.54. The molecule has 0 aliphatic carbocycles. The number of pyridine rings is 1. The molecule has 8 nitrogen and oxygen atoms in total. The summed E-state index contributed by atoms with van der Waals surface area (Å²) in [4.78, 5) is 15.6. The molecule has 2 aromatic heterocycles. The molecule has 2 fully saturated rings. The fraction of sp³-hybridized carbons (Fsp3) is 0.310. The third-order valence-corrected chi connectivity index (χ3v) is 9.73. The lowest BCUT2D eigenvalue weighted by molar-refractivity contribution is 0.0925. The second kappa shape index (κ2) is 10.6. The van der Waals surface area contributed by atoms with Gasteiger partial charge < -0.3 is 10.2 Å². The van der Waals surface area contributed by atoms with Gasteiger partial charge in [-0.05, 0) is 68.1 Å². The lowest BCUT2D eigenvalue weighted by Crippen LogP contribution is -2.46. The Morgan fingerprint density at radius 3 is 2.50 bits per heavy atom. The van der Waals surface area contributed by atoms with E-state index in [1.165, 1.54) is 16.6 Å². The van der Waals surface area contributed by atoms with Crippen LogP contribution in [0, 0.1) is 11.6 Å². The lowest BCUT2D eigenvalue weighted by atomic mass is 10.0. The lowest BCUT2D eigenvalue weighted by Gasteiger charge is -2.31. The quantitative estimate of drug-likeness (QED) is 0.371. The monoisotopic (exact) mass is 565 g/mol. The zero-order valence-electron chi connectivity index (χ0n) is 21.7. The highest BCUT2D eigenvalue weighted by Crippen LogP contribution is 2.38. The van der Waals surface area contributed by atoms with Crippen molar-refractivity contribution in [2.24, 2.45) is 0 Å². The Bertz CT molecular complexity index is 1650. The Kier molecular flexibility index (Phi) is 7.01. The molecule has 0 bridgehead atoms. The standard InChI is InChI=1S/C29H29F2N5O3S/c30-20-8-9-26(31)24(17-20)27-7-4-13-35(27)22-12-16-36-28(18-22)25(19-32-36)29(37)33-21-10-14-34(15-11-21)40(38,39)23-5-2-1-3-6-23/h1-3,5-6,8-9,12,16-19,21,27H,4,7,10-11,13-15H2,(H,33,37). The molecule has 1 amide bonds. The molecule has 2 aliphatic heterocycles. The van der Waals surface area contributed by atoms with Crippen molar-refractivity contribution in [3.8, 4) is 0 Å². The van der Waals surface area contributed by atoms with Crippen LogP contribution < -0.4 is 10.2 Å². The van der Waals surface area contributed by atoms with Crippen molar-refractivity contribution in [2.45, 2.75) is 42.7 Å². The van der Waals surface area contributed by atoms with E-state index >= 15 is 0 Å². The molecule has 0 saturated carbocycles. The highest BCUT2D eigenvalue weighted by molar-refractivity contribution is 7.89. The highest BCUT2D eigenvalue weighted by Gasteiger charge is 2.31. The maximum Gasteiger partial charge on any atom is 0.255 e. The van der Waals surface area contributed by atoms with Gasteiger partial charge in [0.25, 0.3) is 5.91 Å². The Morgan fingerprint density at radius 2 is 1.73 bits per heavy atom. The number of nitrogens with zero attached hydrogens (tertiary/aromatic N) is 4. The number of carbonyl (C=O) groups excluding carboxylic acids is 1. The van der Waals surface area contributed by atoms with Crippen molar-refractivity contribution in [1.29, 1.82) is 0 Å². The zero-order valence-corrected chi connectivity index (χ0v) is 22.5. The minimum atomic E-state index is -3.57. The fourth-order valence-electron chi connectivity index (χ4n) is 5.74. The molecular weight excluding hydrogens is 536 g/mol. The summed E-state index contributed by atoms with van der Waals surface area (Å²) in [5.41, 5.74) is 2.12. The van der Waals surface area contributed by atoms with E-state index in [0.29, 0.717) is 55.5 Å². The van der Waals surface area contributed by atoms with Crippen molar-refractivity contribution in [1.82, 2.24) is 19.2 Å². The topological polar surface area (TPSA) is 87.0 Å². The number of amides is 1. The summed E-state index contributed by atoms with van der Waals surface area (Å²) < 4.78 is 57.4. The number of rotatable bonds is 6. The SMILES string of the molecule is O=C(NC1CCN(S(=O)(=O)c2ccccc2)CC1)c1cnn2ccc(N3CCCC3c3cc(F)ccc3F)cc12. The van der Waals surface area contributed by atoms with Gasteiger partial charge in [-0.2, -0.15) is 9.40 Å². The van der Waals surface area contributed by atoms with E-state index in [1.54, 1.807) is 41.0 Å². The van der Waals surface area contributed by atoms with Crippen LogP contribution in [0.15, 0.2) is 78.0 Å². The van der Waals surface area contributed by atoms with E-state index in [9.17, 15) is 22.0 Å². The number of piperidine rings is 1. The average Bonchev–Trinajstić information content (AvgIpc) is 3.62.